The van der Waals surface area contributed by atoms with Gasteiger partial charge in [0.1, 0.15) is 4.32 Å². The molecule has 2 aromatic carbocycles. The van der Waals surface area contributed by atoms with Crippen molar-refractivity contribution in [3.8, 4) is 11.5 Å². The zero-order valence-corrected chi connectivity index (χ0v) is 22.1. The van der Waals surface area contributed by atoms with Gasteiger partial charge in [0.2, 0.25) is 0 Å². The molecule has 0 aromatic heterocycles. The first-order valence-corrected chi connectivity index (χ1v) is 12.6. The van der Waals surface area contributed by atoms with Crippen molar-refractivity contribution in [1.82, 2.24) is 4.90 Å². The van der Waals surface area contributed by atoms with Crippen LogP contribution in [0.3, 0.4) is 0 Å². The molecule has 0 atom stereocenters. The summed E-state index contributed by atoms with van der Waals surface area (Å²) in [7, 11) is 1.63. The van der Waals surface area contributed by atoms with Gasteiger partial charge in [-0.3, -0.25) is 14.5 Å². The average Bonchev–Trinajstić information content (AvgIpc) is 3.08. The van der Waals surface area contributed by atoms with Crippen molar-refractivity contribution in [2.45, 2.75) is 20.3 Å². The smallest absolute Gasteiger partial charge is 0.266 e. The normalized spacial score (nSPS) is 14.5. The minimum absolute atomic E-state index is 0.123. The number of thioether (sulfide) groups is 1. The third-order valence-corrected chi connectivity index (χ3v) is 6.61. The van der Waals surface area contributed by atoms with Crippen LogP contribution in [0, 0.1) is 6.92 Å². The topological polar surface area (TPSA) is 77.1 Å². The summed E-state index contributed by atoms with van der Waals surface area (Å²) in [5.41, 5.74) is 2.29. The largest absolute Gasteiger partial charge is 0.490 e. The van der Waals surface area contributed by atoms with Crippen molar-refractivity contribution < 1.29 is 23.8 Å². The quantitative estimate of drug-likeness (QED) is 0.238. The molecule has 1 N–H and O–H groups in total. The Balaban J connectivity index is 1.68. The van der Waals surface area contributed by atoms with Gasteiger partial charge in [-0.25, -0.2) is 0 Å². The van der Waals surface area contributed by atoms with E-state index < -0.39 is 0 Å². The number of hydrogen-bond acceptors (Lipinski definition) is 7. The molecule has 7 nitrogen and oxygen atoms in total. The summed E-state index contributed by atoms with van der Waals surface area (Å²) in [6.07, 6.45) is 2.48. The zero-order chi connectivity index (χ0) is 25.4. The first-order chi connectivity index (χ1) is 16.8. The van der Waals surface area contributed by atoms with E-state index in [2.05, 4.69) is 5.32 Å². The standard InChI is InChI=1S/C25H27ClN2O5S2/c1-4-32-21-12-17(13-22-24(30)28(25(34)35-22)10-5-11-31-3)7-9-20(21)33-15-23(29)27-19-14-18(26)8-6-16(19)2/h6-9,12-14H,4-5,10-11,15H2,1-3H3,(H,27,29)/b22-13-. The van der Waals surface area contributed by atoms with E-state index in [1.54, 1.807) is 48.4 Å². The summed E-state index contributed by atoms with van der Waals surface area (Å²) in [5.74, 6) is 0.457. The van der Waals surface area contributed by atoms with Crippen LogP contribution in [0.25, 0.3) is 6.08 Å². The number of ether oxygens (including phenoxy) is 3. The Bertz CT molecular complexity index is 1140. The maximum atomic E-state index is 12.8. The summed E-state index contributed by atoms with van der Waals surface area (Å²) in [6.45, 7) is 5.03. The van der Waals surface area contributed by atoms with Crippen molar-refractivity contribution in [2.75, 3.05) is 38.8 Å². The molecular formula is C25H27ClN2O5S2. The molecule has 3 rings (SSSR count). The lowest BCUT2D eigenvalue weighted by atomic mass is 10.2. The van der Waals surface area contributed by atoms with Crippen LogP contribution in [0.15, 0.2) is 41.3 Å². The fourth-order valence-corrected chi connectivity index (χ4v) is 4.75. The zero-order valence-electron chi connectivity index (χ0n) is 19.8. The van der Waals surface area contributed by atoms with Gasteiger partial charge in [0.25, 0.3) is 11.8 Å². The Morgan fingerprint density at radius 2 is 2.00 bits per heavy atom. The number of nitrogens with zero attached hydrogens (tertiary/aromatic N) is 1. The second-order valence-corrected chi connectivity index (χ2v) is 9.73. The number of anilines is 1. The first kappa shape index (κ1) is 27.0. The van der Waals surface area contributed by atoms with Crippen LogP contribution in [-0.4, -0.2) is 54.5 Å². The van der Waals surface area contributed by atoms with E-state index in [4.69, 9.17) is 38.0 Å². The number of aryl methyl sites for hydroxylation is 1. The predicted octanol–water partition coefficient (Wildman–Crippen LogP) is 5.30. The fourth-order valence-electron chi connectivity index (χ4n) is 3.27. The van der Waals surface area contributed by atoms with Gasteiger partial charge < -0.3 is 19.5 Å². The molecule has 0 aliphatic carbocycles. The maximum absolute atomic E-state index is 12.8. The van der Waals surface area contributed by atoms with Crippen LogP contribution < -0.4 is 14.8 Å². The molecule has 0 saturated carbocycles. The van der Waals surface area contributed by atoms with Crippen molar-refractivity contribution in [2.24, 2.45) is 0 Å². The van der Waals surface area contributed by atoms with E-state index in [1.165, 1.54) is 11.8 Å². The van der Waals surface area contributed by atoms with Crippen LogP contribution in [0.1, 0.15) is 24.5 Å². The Morgan fingerprint density at radius 3 is 2.74 bits per heavy atom. The van der Waals surface area contributed by atoms with Gasteiger partial charge in [0.15, 0.2) is 18.1 Å². The Hall–Kier alpha value is -2.59. The SMILES string of the molecule is CCOc1cc(/C=C2\SC(=S)N(CCCOC)C2=O)ccc1OCC(=O)Nc1cc(Cl)ccc1C. The molecule has 2 amide bonds. The molecule has 186 valence electrons. The number of halogens is 1. The Morgan fingerprint density at radius 1 is 1.20 bits per heavy atom. The number of benzene rings is 2. The average molecular weight is 535 g/mol. The highest BCUT2D eigenvalue weighted by molar-refractivity contribution is 8.26. The highest BCUT2D eigenvalue weighted by Crippen LogP contribution is 2.35. The first-order valence-electron chi connectivity index (χ1n) is 11.0. The van der Waals surface area contributed by atoms with E-state index in [-0.39, 0.29) is 18.4 Å². The number of methoxy groups -OCH3 is 1. The second kappa shape index (κ2) is 12.9. The number of carbonyl (C=O) groups excluding carboxylic acids is 2. The molecule has 10 heteroatoms. The summed E-state index contributed by atoms with van der Waals surface area (Å²) in [6, 6.07) is 10.6. The molecule has 1 fully saturated rings. The van der Waals surface area contributed by atoms with Gasteiger partial charge >= 0.3 is 0 Å². The lowest BCUT2D eigenvalue weighted by molar-refractivity contribution is -0.122. The van der Waals surface area contributed by atoms with E-state index >= 15 is 0 Å². The lowest BCUT2D eigenvalue weighted by Crippen LogP contribution is -2.29. The Labute approximate surface area is 219 Å². The summed E-state index contributed by atoms with van der Waals surface area (Å²) in [4.78, 5) is 27.3. The molecule has 1 heterocycles. The van der Waals surface area contributed by atoms with E-state index in [0.29, 0.717) is 57.6 Å². The lowest BCUT2D eigenvalue weighted by Gasteiger charge is -2.14. The van der Waals surface area contributed by atoms with Crippen molar-refractivity contribution in [3.05, 3.63) is 57.5 Å². The van der Waals surface area contributed by atoms with Gasteiger partial charge in [0.05, 0.1) is 11.5 Å². The van der Waals surface area contributed by atoms with Crippen LogP contribution in [0.5, 0.6) is 11.5 Å². The molecule has 1 aliphatic rings. The minimum Gasteiger partial charge on any atom is -0.490 e. The van der Waals surface area contributed by atoms with E-state index in [9.17, 15) is 9.59 Å². The summed E-state index contributed by atoms with van der Waals surface area (Å²) >= 11 is 12.7. The molecule has 0 bridgehead atoms. The van der Waals surface area contributed by atoms with Crippen molar-refractivity contribution >= 4 is 63.5 Å². The summed E-state index contributed by atoms with van der Waals surface area (Å²) < 4.78 is 17.0. The van der Waals surface area contributed by atoms with Gasteiger partial charge in [-0.2, -0.15) is 0 Å². The number of nitrogens with one attached hydrogen (secondary N) is 1. The number of carbonyl (C=O) groups is 2. The molecule has 1 saturated heterocycles. The number of rotatable bonds is 11. The number of hydrogen-bond donors (Lipinski definition) is 1. The summed E-state index contributed by atoms with van der Waals surface area (Å²) in [5, 5.41) is 3.34. The fraction of sp³-hybridized carbons (Fsp3) is 0.320. The third-order valence-electron chi connectivity index (χ3n) is 5.00. The van der Waals surface area contributed by atoms with Crippen LogP contribution in [0.2, 0.25) is 5.02 Å². The monoisotopic (exact) mass is 534 g/mol. The predicted molar refractivity (Wildman–Crippen MR) is 144 cm³/mol. The van der Waals surface area contributed by atoms with Gasteiger partial charge in [0, 0.05) is 31.0 Å². The maximum Gasteiger partial charge on any atom is 0.266 e. The van der Waals surface area contributed by atoms with Gasteiger partial charge in [-0.15, -0.1) is 0 Å². The molecule has 35 heavy (non-hydrogen) atoms. The number of thiocarbonyl (C=S) groups is 1. The van der Waals surface area contributed by atoms with Gasteiger partial charge in [-0.05, 0) is 61.7 Å². The van der Waals surface area contributed by atoms with E-state index in [1.807, 2.05) is 19.9 Å². The third kappa shape index (κ3) is 7.44. The van der Waals surface area contributed by atoms with Crippen LogP contribution in [-0.2, 0) is 14.3 Å². The Kier molecular flexibility index (Phi) is 9.97. The van der Waals surface area contributed by atoms with E-state index in [0.717, 1.165) is 11.1 Å². The minimum atomic E-state index is -0.320. The highest BCUT2D eigenvalue weighted by atomic mass is 35.5. The van der Waals surface area contributed by atoms with Gasteiger partial charge in [-0.1, -0.05) is 47.7 Å². The molecule has 1 aliphatic heterocycles. The molecular weight excluding hydrogens is 508 g/mol. The van der Waals surface area contributed by atoms with Crippen molar-refractivity contribution in [3.63, 3.8) is 0 Å². The highest BCUT2D eigenvalue weighted by Gasteiger charge is 2.31. The van der Waals surface area contributed by atoms with Crippen molar-refractivity contribution in [1.29, 1.82) is 0 Å². The number of amides is 2. The second-order valence-electron chi connectivity index (χ2n) is 7.61. The van der Waals surface area contributed by atoms with Crippen LogP contribution in [0.4, 0.5) is 5.69 Å². The molecule has 2 aromatic rings. The molecule has 0 spiro atoms. The molecule has 0 radical (unpaired) electrons. The van der Waals surface area contributed by atoms with Crippen LogP contribution >= 0.6 is 35.6 Å². The molecule has 0 unspecified atom stereocenters.